The van der Waals surface area contributed by atoms with Crippen molar-refractivity contribution in [1.29, 1.82) is 5.26 Å². The largest absolute Gasteiger partial charge is 0.496 e. The fraction of sp³-hybridized carbons (Fsp3) is 0.217. The summed E-state index contributed by atoms with van der Waals surface area (Å²) in [7, 11) is 2.67. The Labute approximate surface area is 224 Å². The summed E-state index contributed by atoms with van der Waals surface area (Å²) in [6.07, 6.45) is 0. The number of anilines is 1. The Kier molecular flexibility index (Phi) is 9.08. The first-order chi connectivity index (χ1) is 16.7. The molecule has 2 amide bonds. The molecule has 12 heteroatoms. The number of esters is 1. The Morgan fingerprint density at radius 1 is 1.23 bits per heavy atom. The molecular weight excluding hydrogens is 581 g/mol. The van der Waals surface area contributed by atoms with Crippen molar-refractivity contribution in [3.63, 3.8) is 0 Å². The minimum Gasteiger partial charge on any atom is -0.496 e. The van der Waals surface area contributed by atoms with Crippen molar-refractivity contribution in [3.05, 3.63) is 67.1 Å². The lowest BCUT2D eigenvalue weighted by Crippen LogP contribution is -2.44. The molecule has 0 bridgehead atoms. The van der Waals surface area contributed by atoms with Crippen LogP contribution in [0.1, 0.15) is 11.5 Å². The van der Waals surface area contributed by atoms with Crippen molar-refractivity contribution in [2.24, 2.45) is 5.92 Å². The molecular formula is C23H18BrCl2N3O5S. The summed E-state index contributed by atoms with van der Waals surface area (Å²) in [6, 6.07) is 11.7. The summed E-state index contributed by atoms with van der Waals surface area (Å²) in [5.41, 5.74) is 1.02. The number of thioether (sulfide) groups is 1. The van der Waals surface area contributed by atoms with E-state index in [-0.39, 0.29) is 21.4 Å². The summed E-state index contributed by atoms with van der Waals surface area (Å²) in [5.74, 6) is -3.67. The van der Waals surface area contributed by atoms with Crippen LogP contribution in [0.4, 0.5) is 5.69 Å². The number of methoxy groups -OCH3 is 2. The normalized spacial score (nSPS) is 17.3. The monoisotopic (exact) mass is 597 g/mol. The third-order valence-electron chi connectivity index (χ3n) is 5.07. The molecule has 2 N–H and O–H groups in total. The minimum absolute atomic E-state index is 0.124. The van der Waals surface area contributed by atoms with Gasteiger partial charge < -0.3 is 20.1 Å². The van der Waals surface area contributed by atoms with E-state index in [1.54, 1.807) is 30.3 Å². The Balaban J connectivity index is 1.92. The van der Waals surface area contributed by atoms with E-state index in [4.69, 9.17) is 32.7 Å². The van der Waals surface area contributed by atoms with Crippen molar-refractivity contribution in [2.45, 2.75) is 5.92 Å². The van der Waals surface area contributed by atoms with Crippen molar-refractivity contribution in [1.82, 2.24) is 5.32 Å². The first-order valence-electron chi connectivity index (χ1n) is 9.94. The lowest BCUT2D eigenvalue weighted by molar-refractivity contribution is -0.150. The molecule has 0 radical (unpaired) electrons. The molecule has 0 saturated carbocycles. The van der Waals surface area contributed by atoms with E-state index in [0.29, 0.717) is 26.5 Å². The first-order valence-corrected chi connectivity index (χ1v) is 12.5. The molecule has 0 aliphatic carbocycles. The number of rotatable bonds is 7. The zero-order valence-electron chi connectivity index (χ0n) is 18.4. The number of carbonyl (C=O) groups excluding carboxylic acids is 3. The number of nitrogens with zero attached hydrogens (tertiary/aromatic N) is 1. The number of benzene rings is 2. The molecule has 0 fully saturated rings. The van der Waals surface area contributed by atoms with Crippen molar-refractivity contribution in [2.75, 3.05) is 25.3 Å². The molecule has 182 valence electrons. The maximum Gasteiger partial charge on any atom is 0.319 e. The second-order valence-corrected chi connectivity index (χ2v) is 9.86. The zero-order valence-corrected chi connectivity index (χ0v) is 22.3. The highest BCUT2D eigenvalue weighted by Crippen LogP contribution is 2.42. The molecule has 1 aliphatic rings. The SMILES string of the molecule is COC(=O)[C@H]1C(=O)NC(SCC(=O)Nc2ccc(Cl)cc2Cl)=C(C#N)[C@@H]1c1ccc(OC)c(Br)c1. The molecule has 8 nitrogen and oxygen atoms in total. The second-order valence-electron chi connectivity index (χ2n) is 7.18. The van der Waals surface area contributed by atoms with Crippen molar-refractivity contribution in [3.8, 4) is 11.8 Å². The highest BCUT2D eigenvalue weighted by atomic mass is 79.9. The number of amides is 2. The number of hydrogen-bond donors (Lipinski definition) is 2. The molecule has 1 aliphatic heterocycles. The van der Waals surface area contributed by atoms with Crippen molar-refractivity contribution < 1.29 is 23.9 Å². The van der Waals surface area contributed by atoms with Crippen LogP contribution in [0, 0.1) is 17.2 Å². The topological polar surface area (TPSA) is 118 Å². The Bertz CT molecular complexity index is 1260. The number of carbonyl (C=O) groups is 3. The number of nitrogens with one attached hydrogen (secondary N) is 2. The highest BCUT2D eigenvalue weighted by molar-refractivity contribution is 9.10. The quantitative estimate of drug-likeness (QED) is 0.345. The van der Waals surface area contributed by atoms with Crippen molar-refractivity contribution >= 4 is 74.4 Å². The van der Waals surface area contributed by atoms with Gasteiger partial charge in [0.25, 0.3) is 0 Å². The lowest BCUT2D eigenvalue weighted by atomic mass is 9.78. The van der Waals surface area contributed by atoms with E-state index in [2.05, 4.69) is 32.6 Å². The summed E-state index contributed by atoms with van der Waals surface area (Å²) >= 11 is 16.3. The van der Waals surface area contributed by atoms with Crippen LogP contribution in [-0.4, -0.2) is 37.8 Å². The maximum atomic E-state index is 12.9. The van der Waals surface area contributed by atoms with Crippen LogP contribution in [0.15, 0.2) is 51.5 Å². The van der Waals surface area contributed by atoms with Gasteiger partial charge in [-0.25, -0.2) is 0 Å². The van der Waals surface area contributed by atoms with Gasteiger partial charge in [-0.1, -0.05) is 41.0 Å². The lowest BCUT2D eigenvalue weighted by Gasteiger charge is -2.31. The average molecular weight is 599 g/mol. The summed E-state index contributed by atoms with van der Waals surface area (Å²) < 4.78 is 10.7. The van der Waals surface area contributed by atoms with E-state index in [1.807, 2.05) is 0 Å². The molecule has 35 heavy (non-hydrogen) atoms. The van der Waals surface area contributed by atoms with Gasteiger partial charge in [0.15, 0.2) is 0 Å². The van der Waals surface area contributed by atoms with Crippen LogP contribution >= 0.6 is 50.9 Å². The first kappa shape index (κ1) is 26.9. The molecule has 1 heterocycles. The van der Waals surface area contributed by atoms with E-state index in [9.17, 15) is 19.6 Å². The van der Waals surface area contributed by atoms with E-state index >= 15 is 0 Å². The number of ether oxygens (including phenoxy) is 2. The number of halogens is 3. The number of nitriles is 1. The summed E-state index contributed by atoms with van der Waals surface area (Å²) in [4.78, 5) is 38.0. The number of hydrogen-bond acceptors (Lipinski definition) is 7. The third kappa shape index (κ3) is 6.11. The molecule has 0 unspecified atom stereocenters. The van der Waals surface area contributed by atoms with E-state index < -0.39 is 29.6 Å². The van der Waals surface area contributed by atoms with E-state index in [1.165, 1.54) is 20.3 Å². The van der Waals surface area contributed by atoms with Gasteiger partial charge in [-0.05, 0) is 51.8 Å². The number of allylic oxidation sites excluding steroid dienone is 1. The predicted molar refractivity (Wildman–Crippen MR) is 137 cm³/mol. The standard InChI is InChI=1S/C23H18BrCl2N3O5S/c1-33-17-6-3-11(7-14(17)24)19-13(9-27)22(29-21(31)20(19)23(32)34-2)35-10-18(30)28-16-5-4-12(25)8-15(16)26/h3-8,19-20H,10H2,1-2H3,(H,28,30)(H,29,31)/t19-,20+/m0/s1. The smallest absolute Gasteiger partial charge is 0.319 e. The van der Waals surface area contributed by atoms with Gasteiger partial charge in [0.1, 0.15) is 11.7 Å². The summed E-state index contributed by atoms with van der Waals surface area (Å²) in [6.45, 7) is 0. The van der Waals surface area contributed by atoms with Gasteiger partial charge in [-0.3, -0.25) is 14.4 Å². The van der Waals surface area contributed by atoms with E-state index in [0.717, 1.165) is 11.8 Å². The highest BCUT2D eigenvalue weighted by Gasteiger charge is 2.44. The van der Waals surface area contributed by atoms with Crippen LogP contribution in [0.5, 0.6) is 5.75 Å². The zero-order chi connectivity index (χ0) is 25.7. The fourth-order valence-corrected chi connectivity index (χ4v) is 5.33. The maximum absolute atomic E-state index is 12.9. The molecule has 2 aromatic rings. The molecule has 0 spiro atoms. The average Bonchev–Trinajstić information content (AvgIpc) is 2.83. The summed E-state index contributed by atoms with van der Waals surface area (Å²) in [5, 5.41) is 16.1. The van der Waals surface area contributed by atoms with Crippen LogP contribution < -0.4 is 15.4 Å². The minimum atomic E-state index is -1.29. The van der Waals surface area contributed by atoms with Gasteiger partial charge in [0, 0.05) is 10.9 Å². The molecule has 0 saturated heterocycles. The van der Waals surface area contributed by atoms with Crippen LogP contribution in [-0.2, 0) is 19.1 Å². The van der Waals surface area contributed by atoms with Gasteiger partial charge in [-0.15, -0.1) is 0 Å². The van der Waals surface area contributed by atoms with Gasteiger partial charge >= 0.3 is 5.97 Å². The molecule has 2 atom stereocenters. The van der Waals surface area contributed by atoms with Gasteiger partial charge in [0.05, 0.1) is 51.8 Å². The van der Waals surface area contributed by atoms with Crippen LogP contribution in [0.2, 0.25) is 10.0 Å². The second kappa shape index (κ2) is 11.8. The van der Waals surface area contributed by atoms with Crippen LogP contribution in [0.25, 0.3) is 0 Å². The Hall–Kier alpha value is -2.71. The predicted octanol–water partition coefficient (Wildman–Crippen LogP) is 4.87. The molecule has 2 aromatic carbocycles. The Morgan fingerprint density at radius 3 is 2.57 bits per heavy atom. The molecule has 3 rings (SSSR count). The van der Waals surface area contributed by atoms with Crippen LogP contribution in [0.3, 0.4) is 0 Å². The molecule has 0 aromatic heterocycles. The fourth-order valence-electron chi connectivity index (χ4n) is 3.47. The van der Waals surface area contributed by atoms with Gasteiger partial charge in [0.2, 0.25) is 11.8 Å². The van der Waals surface area contributed by atoms with Gasteiger partial charge in [-0.2, -0.15) is 5.26 Å². The third-order valence-corrected chi connectivity index (χ3v) is 7.26. The Morgan fingerprint density at radius 2 is 1.97 bits per heavy atom.